The summed E-state index contributed by atoms with van der Waals surface area (Å²) >= 11 is 1.20. The Bertz CT molecular complexity index is 516. The van der Waals surface area contributed by atoms with Gasteiger partial charge in [0, 0.05) is 6.07 Å². The van der Waals surface area contributed by atoms with Crippen LogP contribution in [0.2, 0.25) is 0 Å². The largest absolute Gasteiger partial charge is 0.348 e. The van der Waals surface area contributed by atoms with Crippen LogP contribution in [0, 0.1) is 20.2 Å². The van der Waals surface area contributed by atoms with Crippen molar-refractivity contribution in [3.05, 3.63) is 37.9 Å². The van der Waals surface area contributed by atoms with Crippen LogP contribution in [0.4, 0.5) is 11.4 Å². The minimum Gasteiger partial charge on any atom is -0.258 e. The van der Waals surface area contributed by atoms with Crippen molar-refractivity contribution in [2.75, 3.05) is 0 Å². The van der Waals surface area contributed by atoms with Gasteiger partial charge >= 0.3 is 11.4 Å². The first-order valence-corrected chi connectivity index (χ1v) is 4.63. The van der Waals surface area contributed by atoms with E-state index in [1.165, 1.54) is 22.9 Å². The number of fused-ring (bicyclic) bond motifs is 1. The molecule has 0 N–H and O–H groups in total. The van der Waals surface area contributed by atoms with Crippen LogP contribution in [0.15, 0.2) is 17.6 Å². The van der Waals surface area contributed by atoms with Crippen molar-refractivity contribution in [1.82, 2.24) is 4.98 Å². The van der Waals surface area contributed by atoms with E-state index in [1.807, 2.05) is 0 Å². The van der Waals surface area contributed by atoms with Crippen LogP contribution < -0.4 is 0 Å². The summed E-state index contributed by atoms with van der Waals surface area (Å²) in [6.45, 7) is 0. The van der Waals surface area contributed by atoms with Gasteiger partial charge < -0.3 is 0 Å². The topological polar surface area (TPSA) is 99.2 Å². The van der Waals surface area contributed by atoms with Crippen molar-refractivity contribution in [2.45, 2.75) is 0 Å². The molecule has 0 atom stereocenters. The Balaban J connectivity index is 2.79. The first-order valence-electron chi connectivity index (χ1n) is 3.75. The number of aromatic nitrogens is 1. The molecule has 0 amide bonds. The highest BCUT2D eigenvalue weighted by molar-refractivity contribution is 7.16. The predicted molar refractivity (Wildman–Crippen MR) is 52.9 cm³/mol. The van der Waals surface area contributed by atoms with E-state index in [1.54, 1.807) is 0 Å². The molecule has 1 aromatic carbocycles. The van der Waals surface area contributed by atoms with Gasteiger partial charge in [0.2, 0.25) is 0 Å². The van der Waals surface area contributed by atoms with Crippen molar-refractivity contribution in [2.24, 2.45) is 0 Å². The maximum Gasteiger partial charge on any atom is 0.348 e. The average Bonchev–Trinajstić information content (AvgIpc) is 2.61. The van der Waals surface area contributed by atoms with Crippen molar-refractivity contribution < 1.29 is 9.85 Å². The molecule has 1 aromatic heterocycles. The maximum atomic E-state index is 10.6. The number of rotatable bonds is 2. The van der Waals surface area contributed by atoms with Crippen molar-refractivity contribution in [1.29, 1.82) is 0 Å². The number of hydrogen-bond donors (Lipinski definition) is 0. The van der Waals surface area contributed by atoms with Gasteiger partial charge in [-0.1, -0.05) is 0 Å². The first kappa shape index (κ1) is 9.46. The van der Waals surface area contributed by atoms with Crippen LogP contribution in [-0.4, -0.2) is 14.8 Å². The summed E-state index contributed by atoms with van der Waals surface area (Å²) in [5, 5.41) is 21.1. The molecular weight excluding hydrogens is 222 g/mol. The third-order valence-corrected chi connectivity index (χ3v) is 2.61. The van der Waals surface area contributed by atoms with Gasteiger partial charge in [0.25, 0.3) is 0 Å². The average molecular weight is 225 g/mol. The van der Waals surface area contributed by atoms with Gasteiger partial charge in [-0.3, -0.25) is 20.2 Å². The zero-order chi connectivity index (χ0) is 11.0. The monoisotopic (exact) mass is 225 g/mol. The van der Waals surface area contributed by atoms with Gasteiger partial charge in [-0.05, 0) is 0 Å². The molecule has 0 saturated heterocycles. The van der Waals surface area contributed by atoms with Crippen LogP contribution in [0.1, 0.15) is 0 Å². The summed E-state index contributed by atoms with van der Waals surface area (Å²) in [6, 6.07) is 2.29. The highest BCUT2D eigenvalue weighted by atomic mass is 32.1. The molecule has 0 aliphatic rings. The Hall–Kier alpha value is -2.09. The van der Waals surface area contributed by atoms with Crippen LogP contribution in [0.5, 0.6) is 0 Å². The molecule has 7 nitrogen and oxygen atoms in total. The Kier molecular flexibility index (Phi) is 2.05. The summed E-state index contributed by atoms with van der Waals surface area (Å²) in [5.41, 5.74) is 0.852. The molecule has 76 valence electrons. The zero-order valence-corrected chi connectivity index (χ0v) is 7.93. The maximum absolute atomic E-state index is 10.6. The molecular formula is C7H3N3O4S. The quantitative estimate of drug-likeness (QED) is 0.575. The number of thiazole rings is 1. The molecule has 0 saturated carbocycles. The first-order chi connectivity index (χ1) is 7.09. The van der Waals surface area contributed by atoms with E-state index < -0.39 is 21.2 Å². The second kappa shape index (κ2) is 3.24. The zero-order valence-electron chi connectivity index (χ0n) is 7.11. The standard InChI is InChI=1S/C7H3N3O4S/c11-9(12)5-1-4-7(15-3-8-4)2-6(5)10(13)14/h1-3H. The molecule has 2 rings (SSSR count). The Morgan fingerprint density at radius 2 is 1.73 bits per heavy atom. The van der Waals surface area contributed by atoms with Crippen LogP contribution >= 0.6 is 11.3 Å². The van der Waals surface area contributed by atoms with Crippen LogP contribution in [0.25, 0.3) is 10.2 Å². The van der Waals surface area contributed by atoms with E-state index in [0.717, 1.165) is 6.07 Å². The number of nitro benzene ring substituents is 2. The lowest BCUT2D eigenvalue weighted by Gasteiger charge is -1.94. The van der Waals surface area contributed by atoms with E-state index in [9.17, 15) is 20.2 Å². The summed E-state index contributed by atoms with van der Waals surface area (Å²) in [6.07, 6.45) is 0. The predicted octanol–water partition coefficient (Wildman–Crippen LogP) is 2.11. The summed E-state index contributed by atoms with van der Waals surface area (Å²) in [7, 11) is 0. The molecule has 0 aliphatic carbocycles. The minimum absolute atomic E-state index is 0.400. The molecule has 0 bridgehead atoms. The number of benzene rings is 1. The minimum atomic E-state index is -0.781. The van der Waals surface area contributed by atoms with E-state index in [4.69, 9.17) is 0 Å². The molecule has 8 heteroatoms. The Labute approximate surface area is 86.3 Å². The number of nitrogens with zero attached hydrogens (tertiary/aromatic N) is 3. The van der Waals surface area contributed by atoms with E-state index in [-0.39, 0.29) is 0 Å². The number of hydrogen-bond acceptors (Lipinski definition) is 6. The van der Waals surface area contributed by atoms with Gasteiger partial charge in [0.05, 0.1) is 31.6 Å². The lowest BCUT2D eigenvalue weighted by Crippen LogP contribution is -1.96. The molecule has 15 heavy (non-hydrogen) atoms. The van der Waals surface area contributed by atoms with Gasteiger partial charge in [-0.15, -0.1) is 11.3 Å². The molecule has 0 aliphatic heterocycles. The van der Waals surface area contributed by atoms with Crippen molar-refractivity contribution in [3.63, 3.8) is 0 Å². The normalized spacial score (nSPS) is 10.4. The SMILES string of the molecule is O=[N+]([O-])c1cc2ncsc2cc1[N+](=O)[O-]. The van der Waals surface area contributed by atoms with Crippen molar-refractivity contribution in [3.8, 4) is 0 Å². The van der Waals surface area contributed by atoms with Gasteiger partial charge in [0.15, 0.2) is 0 Å². The lowest BCUT2D eigenvalue weighted by atomic mass is 10.2. The summed E-state index contributed by atoms with van der Waals surface area (Å²) in [4.78, 5) is 23.5. The molecule has 0 unspecified atom stereocenters. The fourth-order valence-electron chi connectivity index (χ4n) is 1.17. The van der Waals surface area contributed by atoms with Crippen LogP contribution in [0.3, 0.4) is 0 Å². The molecule has 0 radical (unpaired) electrons. The highest BCUT2D eigenvalue weighted by Gasteiger charge is 2.25. The van der Waals surface area contributed by atoms with Gasteiger partial charge in [-0.2, -0.15) is 0 Å². The Morgan fingerprint density at radius 1 is 1.13 bits per heavy atom. The summed E-state index contributed by atoms with van der Waals surface area (Å²) in [5.74, 6) is 0. The van der Waals surface area contributed by atoms with E-state index >= 15 is 0 Å². The molecule has 0 spiro atoms. The smallest absolute Gasteiger partial charge is 0.258 e. The fraction of sp³-hybridized carbons (Fsp3) is 0. The second-order valence-electron chi connectivity index (χ2n) is 2.68. The lowest BCUT2D eigenvalue weighted by molar-refractivity contribution is -0.422. The third kappa shape index (κ3) is 1.50. The second-order valence-corrected chi connectivity index (χ2v) is 3.56. The number of nitro groups is 2. The van der Waals surface area contributed by atoms with Gasteiger partial charge in [-0.25, -0.2) is 4.98 Å². The van der Waals surface area contributed by atoms with E-state index in [0.29, 0.717) is 10.2 Å². The Morgan fingerprint density at radius 3 is 2.33 bits per heavy atom. The molecule has 1 heterocycles. The van der Waals surface area contributed by atoms with Gasteiger partial charge in [0.1, 0.15) is 0 Å². The third-order valence-electron chi connectivity index (χ3n) is 1.82. The molecule has 2 aromatic rings. The fourth-order valence-corrected chi connectivity index (χ4v) is 1.87. The van der Waals surface area contributed by atoms with Crippen molar-refractivity contribution >= 4 is 32.9 Å². The molecule has 0 fully saturated rings. The highest BCUT2D eigenvalue weighted by Crippen LogP contribution is 2.32. The van der Waals surface area contributed by atoms with Crippen LogP contribution in [-0.2, 0) is 0 Å². The van der Waals surface area contributed by atoms with E-state index in [2.05, 4.69) is 4.98 Å². The summed E-state index contributed by atoms with van der Waals surface area (Å²) < 4.78 is 0.562.